The molecule has 6 heteroatoms. The zero-order chi connectivity index (χ0) is 17.2. The molecule has 5 heterocycles. The van der Waals surface area contributed by atoms with E-state index < -0.39 is 0 Å². The summed E-state index contributed by atoms with van der Waals surface area (Å²) >= 11 is 5.92. The Morgan fingerprint density at radius 2 is 2.08 bits per heavy atom. The van der Waals surface area contributed by atoms with Gasteiger partial charge in [-0.25, -0.2) is 4.98 Å². The van der Waals surface area contributed by atoms with Gasteiger partial charge in [-0.05, 0) is 62.0 Å². The molecule has 3 aliphatic heterocycles. The van der Waals surface area contributed by atoms with Crippen molar-refractivity contribution >= 4 is 17.5 Å². The molecule has 0 aromatic carbocycles. The van der Waals surface area contributed by atoms with Crippen molar-refractivity contribution in [3.63, 3.8) is 0 Å². The number of hydrogen-bond acceptors (Lipinski definition) is 4. The Balaban J connectivity index is 1.54. The van der Waals surface area contributed by atoms with Gasteiger partial charge in [0.2, 0.25) is 0 Å². The second-order valence-corrected chi connectivity index (χ2v) is 7.24. The van der Waals surface area contributed by atoms with E-state index in [1.807, 2.05) is 12.3 Å². The summed E-state index contributed by atoms with van der Waals surface area (Å²) in [4.78, 5) is 23.5. The van der Waals surface area contributed by atoms with Crippen molar-refractivity contribution in [1.82, 2.24) is 20.2 Å². The molecule has 130 valence electrons. The van der Waals surface area contributed by atoms with Crippen LogP contribution in [0.3, 0.4) is 0 Å². The first-order valence-electron chi connectivity index (χ1n) is 8.77. The van der Waals surface area contributed by atoms with Crippen LogP contribution in [0.4, 0.5) is 0 Å². The first-order valence-corrected chi connectivity index (χ1v) is 9.15. The average Bonchev–Trinajstić information content (AvgIpc) is 2.65. The maximum atomic E-state index is 12.7. The third-order valence-corrected chi connectivity index (χ3v) is 5.59. The third-order valence-electron chi connectivity index (χ3n) is 5.38. The van der Waals surface area contributed by atoms with E-state index in [2.05, 4.69) is 26.3 Å². The number of pyridine rings is 2. The lowest BCUT2D eigenvalue weighted by Gasteiger charge is -2.51. The molecule has 1 amide bonds. The van der Waals surface area contributed by atoms with Crippen molar-refractivity contribution in [3.05, 3.63) is 59.1 Å². The lowest BCUT2D eigenvalue weighted by Crippen LogP contribution is -2.64. The molecule has 0 radical (unpaired) electrons. The van der Waals surface area contributed by atoms with Gasteiger partial charge in [0.1, 0.15) is 10.8 Å². The Labute approximate surface area is 152 Å². The van der Waals surface area contributed by atoms with Crippen LogP contribution in [0.5, 0.6) is 0 Å². The van der Waals surface area contributed by atoms with Crippen molar-refractivity contribution in [2.75, 3.05) is 13.1 Å². The van der Waals surface area contributed by atoms with Crippen LogP contribution in [-0.4, -0.2) is 45.9 Å². The SMILES string of the molecule is O=C(N[C@@H]1C2CCN(CC2)[C@H]1Cc1cccnc1)c1cccc(Cl)n1. The Morgan fingerprint density at radius 1 is 1.24 bits per heavy atom. The van der Waals surface area contributed by atoms with Crippen molar-refractivity contribution in [1.29, 1.82) is 0 Å². The van der Waals surface area contributed by atoms with E-state index in [9.17, 15) is 4.79 Å². The predicted octanol–water partition coefficient (Wildman–Crippen LogP) is 2.57. The molecule has 3 saturated heterocycles. The molecule has 5 nitrogen and oxygen atoms in total. The summed E-state index contributed by atoms with van der Waals surface area (Å²) in [5.74, 6) is 0.382. The van der Waals surface area contributed by atoms with Gasteiger partial charge in [-0.15, -0.1) is 0 Å². The third kappa shape index (κ3) is 3.53. The van der Waals surface area contributed by atoms with Crippen LogP contribution in [0.25, 0.3) is 0 Å². The molecule has 2 aromatic rings. The summed E-state index contributed by atoms with van der Waals surface area (Å²) in [7, 11) is 0. The molecule has 3 fully saturated rings. The van der Waals surface area contributed by atoms with Crippen LogP contribution in [0.1, 0.15) is 28.9 Å². The summed E-state index contributed by atoms with van der Waals surface area (Å²) in [6.45, 7) is 2.22. The number of piperidine rings is 3. The second-order valence-electron chi connectivity index (χ2n) is 6.85. The molecule has 0 spiro atoms. The van der Waals surface area contributed by atoms with E-state index in [0.29, 0.717) is 22.8 Å². The molecule has 0 saturated carbocycles. The fraction of sp³-hybridized carbons (Fsp3) is 0.421. The number of amides is 1. The number of nitrogens with one attached hydrogen (secondary N) is 1. The minimum Gasteiger partial charge on any atom is -0.346 e. The van der Waals surface area contributed by atoms with Crippen LogP contribution in [-0.2, 0) is 6.42 Å². The zero-order valence-electron chi connectivity index (χ0n) is 13.9. The molecule has 1 N–H and O–H groups in total. The standard InChI is InChI=1S/C19H21ClN4O/c20-17-5-1-4-15(22-17)19(25)23-18-14-6-9-24(10-7-14)16(18)11-13-3-2-8-21-12-13/h1-5,8,12,14,16,18H,6-7,9-11H2,(H,23,25)/t16-,18+/m0/s1. The quantitative estimate of drug-likeness (QED) is 0.855. The molecule has 0 aliphatic carbocycles. The summed E-state index contributed by atoms with van der Waals surface area (Å²) < 4.78 is 0. The molecular formula is C19H21ClN4O. The number of halogens is 1. The van der Waals surface area contributed by atoms with E-state index in [4.69, 9.17) is 11.6 Å². The summed E-state index contributed by atoms with van der Waals surface area (Å²) in [6.07, 6.45) is 6.88. The van der Waals surface area contributed by atoms with E-state index in [1.54, 1.807) is 24.4 Å². The Bertz CT molecular complexity index is 746. The number of carbonyl (C=O) groups is 1. The summed E-state index contributed by atoms with van der Waals surface area (Å²) in [5, 5.41) is 3.58. The van der Waals surface area contributed by atoms with Gasteiger partial charge in [0.15, 0.2) is 0 Å². The van der Waals surface area contributed by atoms with Crippen molar-refractivity contribution in [2.24, 2.45) is 5.92 Å². The predicted molar refractivity (Wildman–Crippen MR) is 96.5 cm³/mol. The highest BCUT2D eigenvalue weighted by Crippen LogP contribution is 2.34. The number of rotatable bonds is 4. The molecule has 2 atom stereocenters. The van der Waals surface area contributed by atoms with E-state index >= 15 is 0 Å². The number of carbonyl (C=O) groups excluding carboxylic acids is 1. The van der Waals surface area contributed by atoms with Gasteiger partial charge in [0, 0.05) is 24.5 Å². The van der Waals surface area contributed by atoms with E-state index in [1.165, 1.54) is 5.56 Å². The average molecular weight is 357 g/mol. The van der Waals surface area contributed by atoms with Crippen LogP contribution >= 0.6 is 11.6 Å². The minimum atomic E-state index is -0.141. The largest absolute Gasteiger partial charge is 0.346 e. The summed E-state index contributed by atoms with van der Waals surface area (Å²) in [5.41, 5.74) is 1.59. The first-order chi connectivity index (χ1) is 12.2. The highest BCUT2D eigenvalue weighted by atomic mass is 35.5. The molecular weight excluding hydrogens is 336 g/mol. The summed E-state index contributed by atoms with van der Waals surface area (Å²) in [6, 6.07) is 9.66. The lowest BCUT2D eigenvalue weighted by atomic mass is 9.76. The molecule has 2 bridgehead atoms. The van der Waals surface area contributed by atoms with E-state index in [-0.39, 0.29) is 11.9 Å². The maximum absolute atomic E-state index is 12.7. The Hall–Kier alpha value is -1.98. The van der Waals surface area contributed by atoms with Crippen LogP contribution in [0, 0.1) is 5.92 Å². The molecule has 25 heavy (non-hydrogen) atoms. The van der Waals surface area contributed by atoms with E-state index in [0.717, 1.165) is 32.4 Å². The molecule has 2 aromatic heterocycles. The van der Waals surface area contributed by atoms with Crippen LogP contribution in [0.2, 0.25) is 5.15 Å². The number of hydrogen-bond donors (Lipinski definition) is 1. The van der Waals surface area contributed by atoms with Crippen molar-refractivity contribution < 1.29 is 4.79 Å². The minimum absolute atomic E-state index is 0.135. The van der Waals surface area contributed by atoms with Crippen molar-refractivity contribution in [2.45, 2.75) is 31.3 Å². The second kappa shape index (κ2) is 7.10. The van der Waals surface area contributed by atoms with Gasteiger partial charge in [0.05, 0.1) is 0 Å². The number of aromatic nitrogens is 2. The van der Waals surface area contributed by atoms with Crippen LogP contribution in [0.15, 0.2) is 42.7 Å². The topological polar surface area (TPSA) is 58.1 Å². The zero-order valence-corrected chi connectivity index (χ0v) is 14.7. The lowest BCUT2D eigenvalue weighted by molar-refractivity contribution is 0.0135. The van der Waals surface area contributed by atoms with Gasteiger partial charge in [0.25, 0.3) is 5.91 Å². The molecule has 0 unspecified atom stereocenters. The van der Waals surface area contributed by atoms with Crippen LogP contribution < -0.4 is 5.32 Å². The highest BCUT2D eigenvalue weighted by Gasteiger charge is 2.42. The normalized spacial score (nSPS) is 27.9. The van der Waals surface area contributed by atoms with Gasteiger partial charge in [-0.3, -0.25) is 14.7 Å². The number of nitrogens with zero attached hydrogens (tertiary/aromatic N) is 3. The first kappa shape index (κ1) is 16.5. The fourth-order valence-corrected chi connectivity index (χ4v) is 4.31. The van der Waals surface area contributed by atoms with Gasteiger partial charge in [-0.2, -0.15) is 0 Å². The van der Waals surface area contributed by atoms with Gasteiger partial charge >= 0.3 is 0 Å². The Morgan fingerprint density at radius 3 is 2.80 bits per heavy atom. The fourth-order valence-electron chi connectivity index (χ4n) is 4.14. The maximum Gasteiger partial charge on any atom is 0.270 e. The molecule has 5 rings (SSSR count). The van der Waals surface area contributed by atoms with Gasteiger partial charge in [-0.1, -0.05) is 23.7 Å². The smallest absolute Gasteiger partial charge is 0.270 e. The monoisotopic (exact) mass is 356 g/mol. The van der Waals surface area contributed by atoms with Crippen molar-refractivity contribution in [3.8, 4) is 0 Å². The highest BCUT2D eigenvalue weighted by molar-refractivity contribution is 6.29. The molecule has 3 aliphatic rings. The van der Waals surface area contributed by atoms with Gasteiger partial charge < -0.3 is 5.32 Å². The number of fused-ring (bicyclic) bond motifs is 3. The Kier molecular flexibility index (Phi) is 4.68.